The molecule has 1 aliphatic carbocycles. The Labute approximate surface area is 201 Å². The molecule has 2 heterocycles. The minimum absolute atomic E-state index is 0.150. The van der Waals surface area contributed by atoms with E-state index in [0.29, 0.717) is 23.8 Å². The van der Waals surface area contributed by atoms with Crippen molar-refractivity contribution in [1.29, 1.82) is 0 Å². The number of amides is 1. The Bertz CT molecular complexity index is 1130. The number of nitrogens with zero attached hydrogens (tertiary/aromatic N) is 2. The third-order valence-electron chi connectivity index (χ3n) is 7.18. The molecule has 4 rings (SSSR count). The van der Waals surface area contributed by atoms with E-state index in [9.17, 15) is 9.18 Å². The monoisotopic (exact) mass is 462 g/mol. The molecule has 1 aliphatic heterocycles. The number of anilines is 1. The van der Waals surface area contributed by atoms with Crippen molar-refractivity contribution < 1.29 is 9.18 Å². The quantitative estimate of drug-likeness (QED) is 0.517. The predicted molar refractivity (Wildman–Crippen MR) is 137 cm³/mol. The van der Waals surface area contributed by atoms with Gasteiger partial charge in [-0.3, -0.25) is 4.79 Å². The second-order valence-corrected chi connectivity index (χ2v) is 9.55. The Morgan fingerprint density at radius 3 is 2.88 bits per heavy atom. The number of carbonyl (C=O) groups is 1. The van der Waals surface area contributed by atoms with E-state index in [-0.39, 0.29) is 11.6 Å². The Morgan fingerprint density at radius 2 is 2.09 bits per heavy atom. The summed E-state index contributed by atoms with van der Waals surface area (Å²) in [4.78, 5) is 11.8. The first-order valence-corrected chi connectivity index (χ1v) is 12.4. The highest BCUT2D eigenvalue weighted by Crippen LogP contribution is 2.38. The SMILES string of the molecule is C/C=C/c1ccc(F)cc1[C@H]1CCCC(CC2=C/CCCc3c(C(N)=O)c(N)nn3/C=C\2)CC1. The van der Waals surface area contributed by atoms with Crippen LogP contribution in [0.2, 0.25) is 0 Å². The molecule has 5 nitrogen and oxygen atoms in total. The summed E-state index contributed by atoms with van der Waals surface area (Å²) in [5, 5.41) is 4.33. The van der Waals surface area contributed by atoms with Gasteiger partial charge in [-0.15, -0.1) is 0 Å². The van der Waals surface area contributed by atoms with Gasteiger partial charge in [0.2, 0.25) is 0 Å². The van der Waals surface area contributed by atoms with Crippen LogP contribution in [0.15, 0.2) is 42.0 Å². The summed E-state index contributed by atoms with van der Waals surface area (Å²) >= 11 is 0. The largest absolute Gasteiger partial charge is 0.382 e. The standard InChI is InChI=1S/C28H35FN4O/c1-2-6-21-13-14-23(29)18-24(21)22-9-5-8-19(11-12-22)17-20-7-3-4-10-25-26(28(31)34)27(30)32-33(25)16-15-20/h2,6-7,13-16,18-19,22H,3-5,8-12,17H2,1H3,(H2,30,32)(H2,31,34)/b6-2+,16-15-,20-7+/t19?,22-/m0/s1. The molecule has 1 unspecified atom stereocenters. The maximum absolute atomic E-state index is 14.0. The number of allylic oxidation sites excluding steroid dienone is 4. The first kappa shape index (κ1) is 24.0. The molecule has 6 heteroatoms. The molecule has 1 saturated carbocycles. The van der Waals surface area contributed by atoms with Crippen molar-refractivity contribution in [3.05, 3.63) is 70.2 Å². The molecule has 0 bridgehead atoms. The van der Waals surface area contributed by atoms with Crippen molar-refractivity contribution in [1.82, 2.24) is 9.78 Å². The van der Waals surface area contributed by atoms with Crippen molar-refractivity contribution in [2.75, 3.05) is 5.73 Å². The average molecular weight is 463 g/mol. The van der Waals surface area contributed by atoms with E-state index in [1.54, 1.807) is 16.8 Å². The minimum atomic E-state index is -0.525. The molecule has 34 heavy (non-hydrogen) atoms. The molecule has 1 fully saturated rings. The van der Waals surface area contributed by atoms with Gasteiger partial charge < -0.3 is 11.5 Å². The van der Waals surface area contributed by atoms with Gasteiger partial charge in [0.05, 0.1) is 5.69 Å². The predicted octanol–water partition coefficient (Wildman–Crippen LogP) is 6.22. The average Bonchev–Trinajstić information content (AvgIpc) is 2.99. The van der Waals surface area contributed by atoms with Gasteiger partial charge >= 0.3 is 0 Å². The fourth-order valence-corrected chi connectivity index (χ4v) is 5.52. The number of halogens is 1. The lowest BCUT2D eigenvalue weighted by molar-refractivity contribution is 0.1000. The van der Waals surface area contributed by atoms with Crippen LogP contribution in [0, 0.1) is 11.7 Å². The van der Waals surface area contributed by atoms with Gasteiger partial charge in [0.25, 0.3) is 5.91 Å². The summed E-state index contributed by atoms with van der Waals surface area (Å²) < 4.78 is 15.7. The number of carbonyl (C=O) groups excluding carboxylic acids is 1. The van der Waals surface area contributed by atoms with Gasteiger partial charge in [-0.25, -0.2) is 9.07 Å². The van der Waals surface area contributed by atoms with E-state index in [2.05, 4.69) is 23.3 Å². The summed E-state index contributed by atoms with van der Waals surface area (Å²) in [7, 11) is 0. The highest BCUT2D eigenvalue weighted by atomic mass is 19.1. The van der Waals surface area contributed by atoms with Crippen molar-refractivity contribution >= 4 is 24.0 Å². The molecule has 1 aromatic carbocycles. The highest BCUT2D eigenvalue weighted by molar-refractivity contribution is 5.98. The molecule has 1 aromatic heterocycles. The van der Waals surface area contributed by atoms with Crippen molar-refractivity contribution in [3.63, 3.8) is 0 Å². The Morgan fingerprint density at radius 1 is 1.24 bits per heavy atom. The number of primary amides is 1. The van der Waals surface area contributed by atoms with Crippen LogP contribution in [-0.4, -0.2) is 15.7 Å². The molecule has 2 atom stereocenters. The molecular weight excluding hydrogens is 427 g/mol. The van der Waals surface area contributed by atoms with Gasteiger partial charge in [-0.2, -0.15) is 5.10 Å². The molecule has 0 spiro atoms. The Hall–Kier alpha value is -3.15. The van der Waals surface area contributed by atoms with Gasteiger partial charge in [-0.1, -0.05) is 42.7 Å². The van der Waals surface area contributed by atoms with Crippen LogP contribution in [0.5, 0.6) is 0 Å². The van der Waals surface area contributed by atoms with Crippen molar-refractivity contribution in [2.24, 2.45) is 11.7 Å². The van der Waals surface area contributed by atoms with E-state index in [1.165, 1.54) is 12.0 Å². The molecule has 0 radical (unpaired) electrons. The molecule has 0 saturated heterocycles. The molecule has 4 N–H and O–H groups in total. The number of nitrogens with two attached hydrogens (primary N) is 2. The second kappa shape index (κ2) is 10.9. The fraction of sp³-hybridized carbons (Fsp3) is 0.429. The Balaban J connectivity index is 1.46. The van der Waals surface area contributed by atoms with Crippen molar-refractivity contribution in [3.8, 4) is 0 Å². The van der Waals surface area contributed by atoms with Crippen LogP contribution in [0.3, 0.4) is 0 Å². The number of fused-ring (bicyclic) bond motifs is 1. The first-order valence-electron chi connectivity index (χ1n) is 12.4. The van der Waals surface area contributed by atoms with Gasteiger partial charge in [0.1, 0.15) is 11.4 Å². The van der Waals surface area contributed by atoms with Crippen LogP contribution >= 0.6 is 0 Å². The van der Waals surface area contributed by atoms with Crippen LogP contribution in [0.4, 0.5) is 10.2 Å². The topological polar surface area (TPSA) is 86.9 Å². The van der Waals surface area contributed by atoms with E-state index in [1.807, 2.05) is 25.3 Å². The lowest BCUT2D eigenvalue weighted by Crippen LogP contribution is -2.15. The van der Waals surface area contributed by atoms with E-state index in [4.69, 9.17) is 11.5 Å². The van der Waals surface area contributed by atoms with Crippen molar-refractivity contribution in [2.45, 2.75) is 70.6 Å². The number of nitrogen functional groups attached to an aromatic ring is 1. The van der Waals surface area contributed by atoms with Gasteiger partial charge in [0, 0.05) is 6.20 Å². The van der Waals surface area contributed by atoms with E-state index >= 15 is 0 Å². The summed E-state index contributed by atoms with van der Waals surface area (Å²) in [6.45, 7) is 2.00. The Kier molecular flexibility index (Phi) is 7.66. The normalized spacial score (nSPS) is 23.8. The second-order valence-electron chi connectivity index (χ2n) is 9.55. The smallest absolute Gasteiger partial charge is 0.254 e. The number of hydrogen-bond donors (Lipinski definition) is 2. The fourth-order valence-electron chi connectivity index (χ4n) is 5.52. The van der Waals surface area contributed by atoms with Gasteiger partial charge in [-0.05, 0) is 93.0 Å². The van der Waals surface area contributed by atoms with Crippen LogP contribution in [0.25, 0.3) is 12.3 Å². The summed E-state index contributed by atoms with van der Waals surface area (Å²) in [6, 6.07) is 5.19. The third-order valence-corrected chi connectivity index (χ3v) is 7.18. The maximum Gasteiger partial charge on any atom is 0.254 e. The zero-order valence-corrected chi connectivity index (χ0v) is 20.0. The first-order chi connectivity index (χ1) is 16.5. The highest BCUT2D eigenvalue weighted by Gasteiger charge is 2.23. The number of rotatable bonds is 5. The third kappa shape index (κ3) is 5.49. The lowest BCUT2D eigenvalue weighted by Gasteiger charge is -2.18. The summed E-state index contributed by atoms with van der Waals surface area (Å²) in [5.41, 5.74) is 16.2. The number of hydrogen-bond acceptors (Lipinski definition) is 3. The molecule has 180 valence electrons. The van der Waals surface area contributed by atoms with Gasteiger partial charge in [0.15, 0.2) is 5.82 Å². The minimum Gasteiger partial charge on any atom is -0.382 e. The maximum atomic E-state index is 14.0. The van der Waals surface area contributed by atoms with Crippen LogP contribution in [0.1, 0.15) is 91.4 Å². The zero-order chi connectivity index (χ0) is 24.1. The molecule has 1 amide bonds. The zero-order valence-electron chi connectivity index (χ0n) is 20.0. The van der Waals surface area contributed by atoms with Crippen LogP contribution in [-0.2, 0) is 6.42 Å². The van der Waals surface area contributed by atoms with Crippen LogP contribution < -0.4 is 11.5 Å². The van der Waals surface area contributed by atoms with E-state index < -0.39 is 5.91 Å². The lowest BCUT2D eigenvalue weighted by atomic mass is 9.87. The molecular formula is C28H35FN4O. The van der Waals surface area contributed by atoms with E-state index in [0.717, 1.165) is 61.8 Å². The number of aromatic nitrogens is 2. The number of benzene rings is 1. The summed E-state index contributed by atoms with van der Waals surface area (Å²) in [6.07, 6.45) is 19.7. The summed E-state index contributed by atoms with van der Waals surface area (Å²) in [5.74, 6) is 0.525. The molecule has 2 aliphatic rings. The molecule has 2 aromatic rings.